The van der Waals surface area contributed by atoms with Gasteiger partial charge >= 0.3 is 18.4 Å². The predicted molar refractivity (Wildman–Crippen MR) is 127 cm³/mol. The van der Waals surface area contributed by atoms with E-state index in [0.29, 0.717) is 5.56 Å². The monoisotopic (exact) mass is 540 g/mol. The van der Waals surface area contributed by atoms with E-state index in [1.807, 2.05) is 0 Å². The summed E-state index contributed by atoms with van der Waals surface area (Å²) >= 11 is 0. The molecule has 2 aromatic carbocycles. The van der Waals surface area contributed by atoms with Crippen LogP contribution in [0.1, 0.15) is 18.1 Å². The van der Waals surface area contributed by atoms with Gasteiger partial charge in [0, 0.05) is 30.7 Å². The fraction of sp³-hybridized carbons (Fsp3) is 0.240. The van der Waals surface area contributed by atoms with Gasteiger partial charge in [0.2, 0.25) is 5.91 Å². The molecule has 3 aromatic rings. The van der Waals surface area contributed by atoms with Crippen LogP contribution in [-0.4, -0.2) is 36.2 Å². The maximum atomic E-state index is 13.6. The Hall–Kier alpha value is -4.29. The van der Waals surface area contributed by atoms with Gasteiger partial charge in [-0.25, -0.2) is 4.79 Å². The number of alkyl halides is 6. The number of benzene rings is 2. The summed E-state index contributed by atoms with van der Waals surface area (Å²) < 4.78 is 81.6. The third-order valence-corrected chi connectivity index (χ3v) is 5.28. The van der Waals surface area contributed by atoms with Crippen molar-refractivity contribution < 1.29 is 40.7 Å². The molecule has 0 saturated carbocycles. The van der Waals surface area contributed by atoms with Crippen LogP contribution in [0, 0.1) is 0 Å². The van der Waals surface area contributed by atoms with Crippen molar-refractivity contribution in [3.05, 3.63) is 78.1 Å². The number of nitrogens with zero attached hydrogens (tertiary/aromatic N) is 2. The maximum Gasteiger partial charge on any atom is 0.417 e. The number of rotatable bonds is 4. The van der Waals surface area contributed by atoms with Crippen molar-refractivity contribution in [3.8, 4) is 11.1 Å². The lowest BCUT2D eigenvalue weighted by atomic mass is 9.99. The van der Waals surface area contributed by atoms with Crippen molar-refractivity contribution in [1.82, 2.24) is 10.3 Å². The first-order valence-corrected chi connectivity index (χ1v) is 11.0. The van der Waals surface area contributed by atoms with Crippen molar-refractivity contribution in [1.29, 1.82) is 0 Å². The van der Waals surface area contributed by atoms with Crippen LogP contribution < -0.4 is 16.0 Å². The topological polar surface area (TPSA) is 97.5 Å². The van der Waals surface area contributed by atoms with Crippen LogP contribution in [0.5, 0.6) is 0 Å². The normalized spacial score (nSPS) is 15.4. The van der Waals surface area contributed by atoms with Gasteiger partial charge in [0.05, 0.1) is 24.2 Å². The second kappa shape index (κ2) is 11.4. The van der Waals surface area contributed by atoms with Crippen LogP contribution in [0.15, 0.2) is 67.0 Å². The first-order valence-electron chi connectivity index (χ1n) is 11.0. The van der Waals surface area contributed by atoms with Gasteiger partial charge < -0.3 is 15.8 Å². The van der Waals surface area contributed by atoms with Crippen molar-refractivity contribution >= 4 is 23.4 Å². The van der Waals surface area contributed by atoms with Gasteiger partial charge in [-0.2, -0.15) is 26.3 Å². The molecule has 1 aliphatic rings. The number of pyridine rings is 1. The van der Waals surface area contributed by atoms with Crippen molar-refractivity contribution in [2.45, 2.75) is 25.4 Å². The number of cyclic esters (lactones) is 1. The Morgan fingerprint density at radius 2 is 1.74 bits per heavy atom. The van der Waals surface area contributed by atoms with Gasteiger partial charge in [-0.3, -0.25) is 14.7 Å². The Morgan fingerprint density at radius 1 is 1.05 bits per heavy atom. The molecule has 1 atom stereocenters. The fourth-order valence-corrected chi connectivity index (χ4v) is 3.53. The molecule has 13 heteroatoms. The van der Waals surface area contributed by atoms with Gasteiger partial charge in [-0.1, -0.05) is 12.1 Å². The molecule has 4 rings (SSSR count). The van der Waals surface area contributed by atoms with Crippen LogP contribution >= 0.6 is 0 Å². The molecule has 7 nitrogen and oxygen atoms in total. The van der Waals surface area contributed by atoms with Gasteiger partial charge in [0.1, 0.15) is 6.10 Å². The quantitative estimate of drug-likeness (QED) is 0.336. The number of carbonyl (C=O) groups excluding carboxylic acids is 2. The lowest BCUT2D eigenvalue weighted by molar-refractivity contribution is -0.138. The van der Waals surface area contributed by atoms with Crippen LogP contribution in [0.4, 0.5) is 42.5 Å². The highest BCUT2D eigenvalue weighted by Crippen LogP contribution is 2.39. The lowest BCUT2D eigenvalue weighted by Gasteiger charge is -2.18. The summed E-state index contributed by atoms with van der Waals surface area (Å²) in [5.74, 6) is -0.287. The Morgan fingerprint density at radius 3 is 2.29 bits per heavy atom. The Labute approximate surface area is 213 Å². The number of nitrogen functional groups attached to an aromatic ring is 1. The van der Waals surface area contributed by atoms with Crippen molar-refractivity contribution in [2.75, 3.05) is 23.7 Å². The molecule has 2 heterocycles. The SMILES string of the molecule is CC(=O)NCC1CN(c2ccc(-c3ccncc3)c(C(F)(F)F)c2)C(=O)O1.Nc1cccc(C(F)(F)F)c1. The summed E-state index contributed by atoms with van der Waals surface area (Å²) in [5, 5.41) is 2.52. The maximum absolute atomic E-state index is 13.6. The summed E-state index contributed by atoms with van der Waals surface area (Å²) in [5.41, 5.74) is 4.16. The van der Waals surface area contributed by atoms with E-state index in [2.05, 4.69) is 10.3 Å². The standard InChI is InChI=1S/C18H16F3N3O3.C7H6F3N/c1-11(25)23-9-14-10-24(17(26)27-14)13-2-3-15(12-4-6-22-7-5-12)16(8-13)18(19,20)21;8-7(9,10)5-2-1-3-6(11)4-5/h2-8,14H,9-10H2,1H3,(H,23,25);1-4H,11H2. The molecule has 1 unspecified atom stereocenters. The highest BCUT2D eigenvalue weighted by atomic mass is 19.4. The Bertz CT molecular complexity index is 1280. The number of amides is 2. The molecular weight excluding hydrogens is 518 g/mol. The zero-order valence-electron chi connectivity index (χ0n) is 19.8. The molecule has 38 heavy (non-hydrogen) atoms. The van der Waals surface area contributed by atoms with E-state index in [1.165, 1.54) is 55.7 Å². The van der Waals surface area contributed by atoms with E-state index in [1.54, 1.807) is 0 Å². The van der Waals surface area contributed by atoms with E-state index in [4.69, 9.17) is 10.5 Å². The average molecular weight is 540 g/mol. The number of nitrogens with two attached hydrogens (primary N) is 1. The number of carbonyl (C=O) groups is 2. The predicted octanol–water partition coefficient (Wildman–Crippen LogP) is 5.52. The molecule has 0 radical (unpaired) electrons. The third-order valence-electron chi connectivity index (χ3n) is 5.28. The molecule has 202 valence electrons. The van der Waals surface area contributed by atoms with Crippen LogP contribution in [0.3, 0.4) is 0 Å². The minimum Gasteiger partial charge on any atom is -0.442 e. The summed E-state index contributed by atoms with van der Waals surface area (Å²) in [6.45, 7) is 1.46. The van der Waals surface area contributed by atoms with Gasteiger partial charge in [0.15, 0.2) is 0 Å². The van der Waals surface area contributed by atoms with Gasteiger partial charge in [0.25, 0.3) is 0 Å². The fourth-order valence-electron chi connectivity index (χ4n) is 3.53. The summed E-state index contributed by atoms with van der Waals surface area (Å²) in [4.78, 5) is 27.9. The molecule has 0 bridgehead atoms. The van der Waals surface area contributed by atoms with Crippen LogP contribution in [0.25, 0.3) is 11.1 Å². The van der Waals surface area contributed by atoms with E-state index in [0.717, 1.165) is 23.1 Å². The van der Waals surface area contributed by atoms with E-state index in [9.17, 15) is 35.9 Å². The summed E-state index contributed by atoms with van der Waals surface area (Å²) in [6.07, 6.45) is -7.46. The number of aromatic nitrogens is 1. The molecule has 1 aliphatic heterocycles. The zero-order chi connectivity index (χ0) is 28.1. The van der Waals surface area contributed by atoms with Crippen molar-refractivity contribution in [3.63, 3.8) is 0 Å². The minimum absolute atomic E-state index is 0.00369. The Balaban J connectivity index is 0.000000304. The second-order valence-corrected chi connectivity index (χ2v) is 8.14. The summed E-state index contributed by atoms with van der Waals surface area (Å²) in [6, 6.07) is 11.2. The minimum atomic E-state index is -4.60. The third kappa shape index (κ3) is 7.37. The number of halogens is 6. The van der Waals surface area contributed by atoms with Gasteiger partial charge in [-0.05, 0) is 53.6 Å². The van der Waals surface area contributed by atoms with Crippen molar-refractivity contribution in [2.24, 2.45) is 0 Å². The zero-order valence-corrected chi connectivity index (χ0v) is 19.8. The highest BCUT2D eigenvalue weighted by Gasteiger charge is 2.37. The molecule has 3 N–H and O–H groups in total. The van der Waals surface area contributed by atoms with Gasteiger partial charge in [-0.15, -0.1) is 0 Å². The lowest BCUT2D eigenvalue weighted by Crippen LogP contribution is -2.33. The first-order chi connectivity index (χ1) is 17.8. The summed E-state index contributed by atoms with van der Waals surface area (Å²) in [7, 11) is 0. The van der Waals surface area contributed by atoms with E-state index in [-0.39, 0.29) is 35.9 Å². The Kier molecular flexibility index (Phi) is 8.49. The number of hydrogen-bond donors (Lipinski definition) is 2. The highest BCUT2D eigenvalue weighted by molar-refractivity contribution is 5.90. The largest absolute Gasteiger partial charge is 0.442 e. The molecule has 1 aromatic heterocycles. The van der Waals surface area contributed by atoms with E-state index < -0.39 is 35.7 Å². The second-order valence-electron chi connectivity index (χ2n) is 8.14. The molecule has 0 aliphatic carbocycles. The average Bonchev–Trinajstić information content (AvgIpc) is 3.23. The van der Waals surface area contributed by atoms with Crippen LogP contribution in [0.2, 0.25) is 0 Å². The number of hydrogen-bond acceptors (Lipinski definition) is 5. The number of anilines is 2. The van der Waals surface area contributed by atoms with Crippen LogP contribution in [-0.2, 0) is 21.9 Å². The molecule has 1 fully saturated rings. The molecule has 0 spiro atoms. The van der Waals surface area contributed by atoms with E-state index >= 15 is 0 Å². The number of nitrogens with one attached hydrogen (secondary N) is 1. The number of ether oxygens (including phenoxy) is 1. The first kappa shape index (κ1) is 28.3. The smallest absolute Gasteiger partial charge is 0.417 e. The molecule has 2 amide bonds. The molecule has 1 saturated heterocycles. The molecular formula is C25H22F6N4O3.